The minimum absolute atomic E-state index is 0.110. The molecule has 23 heavy (non-hydrogen) atoms. The van der Waals surface area contributed by atoms with E-state index in [9.17, 15) is 4.79 Å². The Morgan fingerprint density at radius 1 is 1.17 bits per heavy atom. The fourth-order valence-electron chi connectivity index (χ4n) is 3.46. The van der Waals surface area contributed by atoms with E-state index in [-0.39, 0.29) is 5.92 Å². The fraction of sp³-hybridized carbons (Fsp3) is 0.706. The van der Waals surface area contributed by atoms with Crippen LogP contribution in [0.5, 0.6) is 0 Å². The highest BCUT2D eigenvalue weighted by atomic mass is 32.2. The molecule has 0 bridgehead atoms. The van der Waals surface area contributed by atoms with Crippen molar-refractivity contribution in [3.63, 3.8) is 0 Å². The van der Waals surface area contributed by atoms with Gasteiger partial charge in [-0.25, -0.2) is 0 Å². The van der Waals surface area contributed by atoms with Gasteiger partial charge in [0, 0.05) is 26.2 Å². The van der Waals surface area contributed by atoms with Gasteiger partial charge in [-0.05, 0) is 50.0 Å². The minimum Gasteiger partial charge on any atom is -0.354 e. The molecule has 0 N–H and O–H groups in total. The molecule has 0 unspecified atom stereocenters. The van der Waals surface area contributed by atoms with E-state index in [1.807, 2.05) is 18.4 Å². The van der Waals surface area contributed by atoms with Crippen LogP contribution in [0.2, 0.25) is 0 Å². The summed E-state index contributed by atoms with van der Waals surface area (Å²) in [6.07, 6.45) is 6.33. The largest absolute Gasteiger partial charge is 0.354 e. The first-order chi connectivity index (χ1) is 11.2. The highest BCUT2D eigenvalue weighted by molar-refractivity contribution is 7.98. The molecule has 0 radical (unpaired) electrons. The Labute approximate surface area is 142 Å². The van der Waals surface area contributed by atoms with E-state index < -0.39 is 0 Å². The lowest BCUT2D eigenvalue weighted by Crippen LogP contribution is -2.47. The van der Waals surface area contributed by atoms with Gasteiger partial charge in [0.1, 0.15) is 5.03 Å². The minimum atomic E-state index is 0.110. The lowest BCUT2D eigenvalue weighted by Gasteiger charge is -2.37. The van der Waals surface area contributed by atoms with Crippen molar-refractivity contribution in [3.05, 3.63) is 12.1 Å². The maximum Gasteiger partial charge on any atom is 0.227 e. The molecule has 1 amide bonds. The van der Waals surface area contributed by atoms with Crippen molar-refractivity contribution >= 4 is 23.5 Å². The van der Waals surface area contributed by atoms with E-state index in [0.717, 1.165) is 68.6 Å². The van der Waals surface area contributed by atoms with E-state index in [1.54, 1.807) is 11.8 Å². The second-order valence-electron chi connectivity index (χ2n) is 6.73. The number of carbonyl (C=O) groups is 1. The molecule has 5 nitrogen and oxygen atoms in total. The summed E-state index contributed by atoms with van der Waals surface area (Å²) in [5.74, 6) is 2.11. The zero-order chi connectivity index (χ0) is 16.2. The molecule has 0 aliphatic carbocycles. The number of carbonyl (C=O) groups excluding carboxylic acids is 1. The number of piperidine rings is 2. The van der Waals surface area contributed by atoms with Crippen LogP contribution in [0.4, 0.5) is 5.82 Å². The maximum absolute atomic E-state index is 12.8. The van der Waals surface area contributed by atoms with Gasteiger partial charge in [0.05, 0.1) is 5.92 Å². The van der Waals surface area contributed by atoms with Crippen LogP contribution < -0.4 is 4.90 Å². The number of rotatable bonds is 3. The molecule has 2 saturated heterocycles. The highest BCUT2D eigenvalue weighted by Crippen LogP contribution is 2.25. The van der Waals surface area contributed by atoms with E-state index in [4.69, 9.17) is 0 Å². The smallest absolute Gasteiger partial charge is 0.227 e. The van der Waals surface area contributed by atoms with Gasteiger partial charge in [0.15, 0.2) is 5.82 Å². The Kier molecular flexibility index (Phi) is 5.41. The number of aromatic nitrogens is 2. The normalized spacial score (nSPS) is 23.1. The van der Waals surface area contributed by atoms with Crippen molar-refractivity contribution < 1.29 is 4.79 Å². The van der Waals surface area contributed by atoms with E-state index in [1.165, 1.54) is 0 Å². The number of thioether (sulfide) groups is 1. The summed E-state index contributed by atoms with van der Waals surface area (Å²) < 4.78 is 0. The van der Waals surface area contributed by atoms with Crippen LogP contribution in [0.25, 0.3) is 0 Å². The molecule has 126 valence electrons. The number of anilines is 1. The van der Waals surface area contributed by atoms with Gasteiger partial charge >= 0.3 is 0 Å². The third-order valence-electron chi connectivity index (χ3n) is 5.03. The molecule has 1 atom stereocenters. The van der Waals surface area contributed by atoms with Crippen LogP contribution >= 0.6 is 11.8 Å². The Bertz CT molecular complexity index is 528. The summed E-state index contributed by atoms with van der Waals surface area (Å²) in [6.45, 7) is 5.88. The Balaban J connectivity index is 1.62. The van der Waals surface area contributed by atoms with Gasteiger partial charge in [-0.15, -0.1) is 22.0 Å². The van der Waals surface area contributed by atoms with Crippen molar-refractivity contribution in [1.29, 1.82) is 0 Å². The Morgan fingerprint density at radius 2 is 1.96 bits per heavy atom. The monoisotopic (exact) mass is 334 g/mol. The quantitative estimate of drug-likeness (QED) is 0.796. The first-order valence-corrected chi connectivity index (χ1v) is 9.81. The summed E-state index contributed by atoms with van der Waals surface area (Å²) in [6, 6.07) is 4.03. The maximum atomic E-state index is 12.8. The van der Waals surface area contributed by atoms with Crippen LogP contribution in [0.15, 0.2) is 17.2 Å². The lowest BCUT2D eigenvalue weighted by molar-refractivity contribution is -0.137. The molecule has 0 saturated carbocycles. The molecule has 3 rings (SSSR count). The van der Waals surface area contributed by atoms with Crippen LogP contribution in [0, 0.1) is 11.8 Å². The SMILES string of the molecule is CSc1ccc(N2CCC[C@@H](C(=O)N3CCC(C)CC3)C2)nn1. The summed E-state index contributed by atoms with van der Waals surface area (Å²) in [7, 11) is 0. The number of amides is 1. The van der Waals surface area contributed by atoms with Crippen molar-refractivity contribution in [2.24, 2.45) is 11.8 Å². The number of likely N-dealkylation sites (tertiary alicyclic amines) is 1. The average molecular weight is 334 g/mol. The zero-order valence-corrected chi connectivity index (χ0v) is 14.9. The Hall–Kier alpha value is -1.30. The standard InChI is InChI=1S/C17H26N4OS/c1-13-7-10-20(11-8-13)17(22)14-4-3-9-21(12-14)15-5-6-16(23-2)19-18-15/h5-6,13-14H,3-4,7-12H2,1-2H3/t14-/m1/s1. The van der Waals surface area contributed by atoms with Crippen LogP contribution in [0.3, 0.4) is 0 Å². The zero-order valence-electron chi connectivity index (χ0n) is 14.1. The third-order valence-corrected chi connectivity index (χ3v) is 5.66. The summed E-state index contributed by atoms with van der Waals surface area (Å²) in [4.78, 5) is 17.1. The highest BCUT2D eigenvalue weighted by Gasteiger charge is 2.31. The predicted octanol–water partition coefficient (Wildman–Crippen LogP) is 2.67. The number of hydrogen-bond donors (Lipinski definition) is 0. The molecule has 0 aromatic carbocycles. The second kappa shape index (κ2) is 7.51. The van der Waals surface area contributed by atoms with E-state index >= 15 is 0 Å². The predicted molar refractivity (Wildman–Crippen MR) is 93.7 cm³/mol. The second-order valence-corrected chi connectivity index (χ2v) is 7.55. The van der Waals surface area contributed by atoms with Crippen molar-refractivity contribution in [1.82, 2.24) is 15.1 Å². The van der Waals surface area contributed by atoms with Crippen molar-refractivity contribution in [3.8, 4) is 0 Å². The first kappa shape index (κ1) is 16.6. The summed E-state index contributed by atoms with van der Waals surface area (Å²) in [5.41, 5.74) is 0. The molecule has 0 spiro atoms. The molecule has 6 heteroatoms. The molecule has 2 fully saturated rings. The number of nitrogens with zero attached hydrogens (tertiary/aromatic N) is 4. The van der Waals surface area contributed by atoms with Crippen molar-refractivity contribution in [2.45, 2.75) is 37.6 Å². The molecule has 2 aliphatic heterocycles. The molecule has 1 aromatic rings. The van der Waals surface area contributed by atoms with Gasteiger partial charge in [-0.1, -0.05) is 6.92 Å². The van der Waals surface area contributed by atoms with Gasteiger partial charge in [-0.2, -0.15) is 0 Å². The van der Waals surface area contributed by atoms with Gasteiger partial charge < -0.3 is 9.80 Å². The third kappa shape index (κ3) is 3.97. The van der Waals surface area contributed by atoms with Gasteiger partial charge in [0.25, 0.3) is 0 Å². The van der Waals surface area contributed by atoms with E-state index in [2.05, 4.69) is 26.9 Å². The van der Waals surface area contributed by atoms with E-state index in [0.29, 0.717) is 5.91 Å². The Morgan fingerprint density at radius 3 is 2.61 bits per heavy atom. The van der Waals surface area contributed by atoms with Gasteiger partial charge in [-0.3, -0.25) is 4.79 Å². The fourth-order valence-corrected chi connectivity index (χ4v) is 3.79. The van der Waals surface area contributed by atoms with Gasteiger partial charge in [0.2, 0.25) is 5.91 Å². The first-order valence-electron chi connectivity index (χ1n) is 8.59. The van der Waals surface area contributed by atoms with Crippen LogP contribution in [-0.4, -0.2) is 53.4 Å². The topological polar surface area (TPSA) is 49.3 Å². The summed E-state index contributed by atoms with van der Waals surface area (Å²) >= 11 is 1.60. The molecule has 3 heterocycles. The van der Waals surface area contributed by atoms with Crippen molar-refractivity contribution in [2.75, 3.05) is 37.3 Å². The lowest BCUT2D eigenvalue weighted by atomic mass is 9.93. The average Bonchev–Trinajstić information content (AvgIpc) is 2.62. The summed E-state index contributed by atoms with van der Waals surface area (Å²) in [5, 5.41) is 9.47. The molecular weight excluding hydrogens is 308 g/mol. The molecule has 1 aromatic heterocycles. The molecule has 2 aliphatic rings. The van der Waals surface area contributed by atoms with Crippen LogP contribution in [0.1, 0.15) is 32.6 Å². The number of hydrogen-bond acceptors (Lipinski definition) is 5. The molecular formula is C17H26N4OS. The van der Waals surface area contributed by atoms with Crippen LogP contribution in [-0.2, 0) is 4.79 Å².